The third kappa shape index (κ3) is 23.4. The van der Waals surface area contributed by atoms with Crippen molar-refractivity contribution in [2.24, 2.45) is 11.8 Å². The minimum Gasteiger partial charge on any atom is -0.179 e. The highest BCUT2D eigenvalue weighted by atomic mass is 32.1. The number of rotatable bonds is 2. The summed E-state index contributed by atoms with van der Waals surface area (Å²) >= 11 is 8.03. The van der Waals surface area contributed by atoms with Gasteiger partial charge in [0.2, 0.25) is 0 Å². The number of thiol groups is 2. The van der Waals surface area contributed by atoms with E-state index in [9.17, 15) is 0 Å². The molecule has 0 bridgehead atoms. The topological polar surface area (TPSA) is 0 Å². The number of hydrogen-bond donors (Lipinski definition) is 2. The highest BCUT2D eigenvalue weighted by Gasteiger charge is 1.81. The maximum Gasteiger partial charge on any atom is -0.00748 e. The Bertz CT molecular complexity index is 43.2. The molecular weight excluding hydrogens is 160 g/mol. The Balaban J connectivity index is 0. The van der Waals surface area contributed by atoms with Crippen LogP contribution in [0.3, 0.4) is 0 Å². The average molecular weight is 180 g/mol. The quantitative estimate of drug-likeness (QED) is 0.599. The fourth-order valence-electron chi connectivity index (χ4n) is 0. The molecule has 0 heterocycles. The summed E-state index contributed by atoms with van der Waals surface area (Å²) in [7, 11) is 0. The second kappa shape index (κ2) is 9.70. The van der Waals surface area contributed by atoms with E-state index in [1.54, 1.807) is 0 Å². The van der Waals surface area contributed by atoms with E-state index in [1.165, 1.54) is 0 Å². The van der Waals surface area contributed by atoms with Crippen LogP contribution in [0.5, 0.6) is 0 Å². The van der Waals surface area contributed by atoms with E-state index in [2.05, 4.69) is 53.0 Å². The van der Waals surface area contributed by atoms with Crippen LogP contribution in [-0.4, -0.2) is 11.5 Å². The van der Waals surface area contributed by atoms with Gasteiger partial charge in [0.15, 0.2) is 0 Å². The van der Waals surface area contributed by atoms with Gasteiger partial charge in [0.05, 0.1) is 0 Å². The van der Waals surface area contributed by atoms with Gasteiger partial charge in [-0.3, -0.25) is 0 Å². The van der Waals surface area contributed by atoms with E-state index in [1.807, 2.05) is 0 Å². The number of hydrogen-bond acceptors (Lipinski definition) is 2. The van der Waals surface area contributed by atoms with Gasteiger partial charge in [-0.15, -0.1) is 0 Å². The normalized spacial score (nSPS) is 9.60. The van der Waals surface area contributed by atoms with Crippen LogP contribution in [0.2, 0.25) is 0 Å². The van der Waals surface area contributed by atoms with Crippen LogP contribution in [0.25, 0.3) is 0 Å². The summed E-state index contributed by atoms with van der Waals surface area (Å²) < 4.78 is 0. The molecule has 0 rings (SSSR count). The van der Waals surface area contributed by atoms with E-state index in [0.717, 1.165) is 23.3 Å². The average Bonchev–Trinajstić information content (AvgIpc) is 1.89. The van der Waals surface area contributed by atoms with Crippen LogP contribution in [-0.2, 0) is 0 Å². The molecular formula is C8H20S2. The Morgan fingerprint density at radius 3 is 0.900 bits per heavy atom. The van der Waals surface area contributed by atoms with E-state index in [-0.39, 0.29) is 0 Å². The maximum atomic E-state index is 4.02. The summed E-state index contributed by atoms with van der Waals surface area (Å²) in [6, 6.07) is 0. The van der Waals surface area contributed by atoms with Crippen molar-refractivity contribution in [2.45, 2.75) is 27.7 Å². The first-order valence-corrected chi connectivity index (χ1v) is 5.02. The summed E-state index contributed by atoms with van der Waals surface area (Å²) in [6.45, 7) is 8.58. The molecule has 0 fully saturated rings. The summed E-state index contributed by atoms with van der Waals surface area (Å²) in [5, 5.41) is 0. The molecule has 0 atom stereocenters. The van der Waals surface area contributed by atoms with Crippen molar-refractivity contribution in [3.8, 4) is 0 Å². The molecule has 0 saturated heterocycles. The molecule has 2 heteroatoms. The predicted molar refractivity (Wildman–Crippen MR) is 57.4 cm³/mol. The van der Waals surface area contributed by atoms with Gasteiger partial charge in [-0.2, -0.15) is 25.3 Å². The van der Waals surface area contributed by atoms with Crippen molar-refractivity contribution in [3.05, 3.63) is 0 Å². The van der Waals surface area contributed by atoms with E-state index in [0.29, 0.717) is 0 Å². The molecule has 0 nitrogen and oxygen atoms in total. The first-order chi connectivity index (χ1) is 4.54. The van der Waals surface area contributed by atoms with Crippen LogP contribution in [0.4, 0.5) is 0 Å². The predicted octanol–water partition coefficient (Wildman–Crippen LogP) is 3.14. The van der Waals surface area contributed by atoms with Crippen molar-refractivity contribution < 1.29 is 0 Å². The summed E-state index contributed by atoms with van der Waals surface area (Å²) in [4.78, 5) is 0. The monoisotopic (exact) mass is 180 g/mol. The molecule has 0 aliphatic carbocycles. The minimum atomic E-state index is 0.748. The molecule has 0 radical (unpaired) electrons. The molecule has 0 amide bonds. The van der Waals surface area contributed by atoms with Crippen LogP contribution >= 0.6 is 25.3 Å². The molecule has 0 aromatic carbocycles. The third-order valence-corrected chi connectivity index (χ3v) is 2.19. The Morgan fingerprint density at radius 1 is 0.800 bits per heavy atom. The molecule has 0 aliphatic rings. The van der Waals surface area contributed by atoms with E-state index in [4.69, 9.17) is 0 Å². The lowest BCUT2D eigenvalue weighted by Crippen LogP contribution is -1.83. The lowest BCUT2D eigenvalue weighted by atomic mass is 10.3. The molecule has 0 aromatic rings. The Hall–Kier alpha value is 0.700. The summed E-state index contributed by atoms with van der Waals surface area (Å²) in [5.74, 6) is 3.50. The summed E-state index contributed by atoms with van der Waals surface area (Å²) in [5.41, 5.74) is 0. The van der Waals surface area contributed by atoms with Gasteiger partial charge < -0.3 is 0 Å². The Morgan fingerprint density at radius 2 is 0.900 bits per heavy atom. The fraction of sp³-hybridized carbons (Fsp3) is 1.00. The summed E-state index contributed by atoms with van der Waals surface area (Å²) in [6.07, 6.45) is 0. The Labute approximate surface area is 76.6 Å². The zero-order valence-electron chi connectivity index (χ0n) is 7.46. The van der Waals surface area contributed by atoms with Crippen molar-refractivity contribution in [3.63, 3.8) is 0 Å². The maximum absolute atomic E-state index is 4.02. The van der Waals surface area contributed by atoms with Gasteiger partial charge in [0.1, 0.15) is 0 Å². The highest BCUT2D eigenvalue weighted by molar-refractivity contribution is 7.80. The molecule has 10 heavy (non-hydrogen) atoms. The molecule has 0 unspecified atom stereocenters. The van der Waals surface area contributed by atoms with Gasteiger partial charge in [0, 0.05) is 0 Å². The van der Waals surface area contributed by atoms with Gasteiger partial charge in [0.25, 0.3) is 0 Å². The van der Waals surface area contributed by atoms with Crippen LogP contribution < -0.4 is 0 Å². The van der Waals surface area contributed by atoms with Crippen LogP contribution in [0.1, 0.15) is 27.7 Å². The first kappa shape index (κ1) is 13.3. The molecule has 64 valence electrons. The van der Waals surface area contributed by atoms with Crippen LogP contribution in [0, 0.1) is 11.8 Å². The largest absolute Gasteiger partial charge is 0.179 e. The highest BCUT2D eigenvalue weighted by Crippen LogP contribution is 1.91. The fourth-order valence-corrected chi connectivity index (χ4v) is 0. The molecule has 0 aliphatic heterocycles. The van der Waals surface area contributed by atoms with Crippen molar-refractivity contribution >= 4 is 25.3 Å². The zero-order chi connectivity index (χ0) is 8.57. The van der Waals surface area contributed by atoms with Gasteiger partial charge >= 0.3 is 0 Å². The van der Waals surface area contributed by atoms with E-state index < -0.39 is 0 Å². The second-order valence-corrected chi connectivity index (χ2v) is 3.88. The molecule has 0 N–H and O–H groups in total. The van der Waals surface area contributed by atoms with Crippen molar-refractivity contribution in [1.82, 2.24) is 0 Å². The molecule has 0 saturated carbocycles. The standard InChI is InChI=1S/2C4H10S/c2*1-4(2)3-5/h2*4-5H,3H2,1-2H3. The molecule has 0 aromatic heterocycles. The van der Waals surface area contributed by atoms with Crippen molar-refractivity contribution in [2.75, 3.05) is 11.5 Å². The van der Waals surface area contributed by atoms with Gasteiger partial charge in [-0.25, -0.2) is 0 Å². The molecule has 0 spiro atoms. The minimum absolute atomic E-state index is 0.748. The van der Waals surface area contributed by atoms with E-state index >= 15 is 0 Å². The lowest BCUT2D eigenvalue weighted by molar-refractivity contribution is 0.753. The van der Waals surface area contributed by atoms with Gasteiger partial charge in [-0.1, -0.05) is 27.7 Å². The zero-order valence-corrected chi connectivity index (χ0v) is 9.25. The Kier molecular flexibility index (Phi) is 12.9. The van der Waals surface area contributed by atoms with Gasteiger partial charge in [-0.05, 0) is 23.3 Å². The lowest BCUT2D eigenvalue weighted by Gasteiger charge is -1.89. The second-order valence-electron chi connectivity index (χ2n) is 3.15. The SMILES string of the molecule is CC(C)CS.CC(C)CS. The first-order valence-electron chi connectivity index (χ1n) is 3.76. The third-order valence-electron chi connectivity index (χ3n) is 0.730. The van der Waals surface area contributed by atoms with Crippen LogP contribution in [0.15, 0.2) is 0 Å². The smallest absolute Gasteiger partial charge is 0.00748 e. The van der Waals surface area contributed by atoms with Crippen molar-refractivity contribution in [1.29, 1.82) is 0 Å².